The van der Waals surface area contributed by atoms with E-state index in [9.17, 15) is 4.79 Å². The third-order valence-electron chi connectivity index (χ3n) is 2.78. The predicted molar refractivity (Wildman–Crippen MR) is 76.4 cm³/mol. The molecule has 2 aromatic carbocycles. The Balaban J connectivity index is 0.000000637. The molecule has 1 heterocycles. The van der Waals surface area contributed by atoms with Crippen molar-refractivity contribution in [2.24, 2.45) is 0 Å². The molecule has 98 valence electrons. The van der Waals surface area contributed by atoms with Crippen LogP contribution in [0.2, 0.25) is 0 Å². The van der Waals surface area contributed by atoms with Crippen LogP contribution in [0.5, 0.6) is 0 Å². The molecule has 0 fully saturated rings. The van der Waals surface area contributed by atoms with Crippen molar-refractivity contribution in [3.63, 3.8) is 0 Å². The fourth-order valence-corrected chi connectivity index (χ4v) is 1.97. The van der Waals surface area contributed by atoms with Gasteiger partial charge in [0.1, 0.15) is 11.2 Å². The lowest BCUT2D eigenvalue weighted by Gasteiger charge is -1.99. The first kappa shape index (κ1) is 13.0. The summed E-state index contributed by atoms with van der Waals surface area (Å²) in [5.41, 5.74) is 7.31. The van der Waals surface area contributed by atoms with E-state index in [0.29, 0.717) is 5.58 Å². The molecule has 3 aromatic rings. The number of hydrogen-bond acceptors (Lipinski definition) is 3. The van der Waals surface area contributed by atoms with Crippen LogP contribution in [0.25, 0.3) is 21.9 Å². The summed E-state index contributed by atoms with van der Waals surface area (Å²) >= 11 is 0. The second-order valence-corrected chi connectivity index (χ2v) is 3.84. The molecule has 0 radical (unpaired) electrons. The summed E-state index contributed by atoms with van der Waals surface area (Å²) in [4.78, 5) is 11.0. The molecule has 0 aliphatic rings. The molecule has 0 saturated carbocycles. The van der Waals surface area contributed by atoms with Gasteiger partial charge in [0.25, 0.3) is 0 Å². The third kappa shape index (κ3) is 2.12. The Morgan fingerprint density at radius 3 is 2.47 bits per heavy atom. The lowest BCUT2D eigenvalue weighted by atomic mass is 10.1. The number of hydrogen-bond donors (Lipinski definition) is 2. The Morgan fingerprint density at radius 1 is 1.11 bits per heavy atom. The van der Waals surface area contributed by atoms with Crippen molar-refractivity contribution < 1.29 is 14.3 Å². The van der Waals surface area contributed by atoms with Crippen molar-refractivity contribution in [2.45, 2.75) is 13.8 Å². The largest absolute Gasteiger partial charge is 0.478 e. The number of nitrogens with two attached hydrogens (primary N) is 1. The maximum Gasteiger partial charge on any atom is 0.337 e. The Bertz CT molecular complexity index is 744. The van der Waals surface area contributed by atoms with Gasteiger partial charge in [-0.1, -0.05) is 32.0 Å². The summed E-state index contributed by atoms with van der Waals surface area (Å²) in [6.07, 6.45) is 0. The summed E-state index contributed by atoms with van der Waals surface area (Å²) in [7, 11) is 0. The van der Waals surface area contributed by atoms with Crippen molar-refractivity contribution in [3.05, 3.63) is 42.0 Å². The van der Waals surface area contributed by atoms with Crippen molar-refractivity contribution in [2.75, 3.05) is 5.73 Å². The van der Waals surface area contributed by atoms with Gasteiger partial charge in [0.2, 0.25) is 0 Å². The molecule has 4 heteroatoms. The highest BCUT2D eigenvalue weighted by Gasteiger charge is 2.13. The smallest absolute Gasteiger partial charge is 0.337 e. The number of para-hydroxylation sites is 1. The van der Waals surface area contributed by atoms with E-state index in [1.807, 2.05) is 38.1 Å². The lowest BCUT2D eigenvalue weighted by molar-refractivity contribution is 0.0698. The number of benzene rings is 2. The molecular formula is C15H15NO3. The molecule has 0 saturated heterocycles. The van der Waals surface area contributed by atoms with Crippen molar-refractivity contribution in [1.29, 1.82) is 0 Å². The Morgan fingerprint density at radius 2 is 1.79 bits per heavy atom. The van der Waals surface area contributed by atoms with Gasteiger partial charge in [0, 0.05) is 22.5 Å². The number of carbonyl (C=O) groups is 1. The normalized spacial score (nSPS) is 10.2. The van der Waals surface area contributed by atoms with Crippen LogP contribution >= 0.6 is 0 Å². The Hall–Kier alpha value is -2.49. The van der Waals surface area contributed by atoms with Crippen molar-refractivity contribution in [1.82, 2.24) is 0 Å². The standard InChI is InChI=1S/C13H9NO3.C2H6/c14-10-6-12-8(5-9(10)13(15)16)7-3-1-2-4-11(7)17-12;1-2/h1-6H,14H2,(H,15,16);1-2H3. The van der Waals surface area contributed by atoms with Gasteiger partial charge in [-0.15, -0.1) is 0 Å². The first-order valence-electron chi connectivity index (χ1n) is 6.11. The molecule has 3 rings (SSSR count). The minimum Gasteiger partial charge on any atom is -0.478 e. The highest BCUT2D eigenvalue weighted by Crippen LogP contribution is 2.31. The number of carboxylic acids is 1. The number of nitrogen functional groups attached to an aromatic ring is 1. The van der Waals surface area contributed by atoms with Gasteiger partial charge in [0.15, 0.2) is 0 Å². The average molecular weight is 257 g/mol. The van der Waals surface area contributed by atoms with E-state index in [-0.39, 0.29) is 11.3 Å². The number of furan rings is 1. The van der Waals surface area contributed by atoms with Crippen LogP contribution in [0.4, 0.5) is 5.69 Å². The number of anilines is 1. The molecule has 0 spiro atoms. The van der Waals surface area contributed by atoms with Gasteiger partial charge >= 0.3 is 5.97 Å². The molecule has 4 nitrogen and oxygen atoms in total. The second kappa shape index (κ2) is 5.02. The lowest BCUT2D eigenvalue weighted by Crippen LogP contribution is -2.01. The minimum atomic E-state index is -1.03. The monoisotopic (exact) mass is 257 g/mol. The molecule has 0 aliphatic carbocycles. The molecule has 1 aromatic heterocycles. The molecular weight excluding hydrogens is 242 g/mol. The van der Waals surface area contributed by atoms with Gasteiger partial charge in [-0.2, -0.15) is 0 Å². The Kier molecular flexibility index (Phi) is 3.42. The quantitative estimate of drug-likeness (QED) is 0.648. The van der Waals surface area contributed by atoms with Crippen LogP contribution in [-0.4, -0.2) is 11.1 Å². The zero-order chi connectivity index (χ0) is 14.0. The van der Waals surface area contributed by atoms with Crippen LogP contribution in [0.1, 0.15) is 24.2 Å². The van der Waals surface area contributed by atoms with Crippen molar-refractivity contribution in [3.8, 4) is 0 Å². The average Bonchev–Trinajstić information content (AvgIpc) is 2.77. The summed E-state index contributed by atoms with van der Waals surface area (Å²) < 4.78 is 5.60. The van der Waals surface area contributed by atoms with E-state index in [2.05, 4.69) is 0 Å². The molecule has 0 bridgehead atoms. The highest BCUT2D eigenvalue weighted by atomic mass is 16.4. The highest BCUT2D eigenvalue weighted by molar-refractivity contribution is 6.09. The zero-order valence-electron chi connectivity index (χ0n) is 10.8. The van der Waals surface area contributed by atoms with E-state index in [1.54, 1.807) is 12.1 Å². The van der Waals surface area contributed by atoms with Gasteiger partial charge in [-0.25, -0.2) is 4.79 Å². The summed E-state index contributed by atoms with van der Waals surface area (Å²) in [6.45, 7) is 4.00. The zero-order valence-corrected chi connectivity index (χ0v) is 10.8. The van der Waals surface area contributed by atoms with Crippen LogP contribution < -0.4 is 5.73 Å². The first-order valence-corrected chi connectivity index (χ1v) is 6.11. The molecule has 3 N–H and O–H groups in total. The van der Waals surface area contributed by atoms with Gasteiger partial charge < -0.3 is 15.3 Å². The van der Waals surface area contributed by atoms with Crippen LogP contribution in [0.15, 0.2) is 40.8 Å². The summed E-state index contributed by atoms with van der Waals surface area (Å²) in [5.74, 6) is -1.03. The molecule has 0 aliphatic heterocycles. The fourth-order valence-electron chi connectivity index (χ4n) is 1.97. The first-order chi connectivity index (χ1) is 9.16. The van der Waals surface area contributed by atoms with Crippen LogP contribution in [0.3, 0.4) is 0 Å². The van der Waals surface area contributed by atoms with E-state index in [0.717, 1.165) is 16.4 Å². The number of rotatable bonds is 1. The predicted octanol–water partition coefficient (Wildman–Crippen LogP) is 3.89. The fraction of sp³-hybridized carbons (Fsp3) is 0.133. The van der Waals surface area contributed by atoms with Gasteiger partial charge in [-0.3, -0.25) is 0 Å². The molecule has 0 unspecified atom stereocenters. The Labute approximate surface area is 110 Å². The number of carboxylic acid groups (broad SMARTS) is 1. The van der Waals surface area contributed by atoms with E-state index in [1.165, 1.54) is 0 Å². The molecule has 0 amide bonds. The van der Waals surface area contributed by atoms with Crippen molar-refractivity contribution >= 4 is 33.6 Å². The minimum absolute atomic E-state index is 0.101. The van der Waals surface area contributed by atoms with E-state index < -0.39 is 5.97 Å². The number of aromatic carboxylic acids is 1. The van der Waals surface area contributed by atoms with Gasteiger partial charge in [-0.05, 0) is 12.1 Å². The second-order valence-electron chi connectivity index (χ2n) is 3.84. The third-order valence-corrected chi connectivity index (χ3v) is 2.78. The van der Waals surface area contributed by atoms with E-state index >= 15 is 0 Å². The molecule has 0 atom stereocenters. The maximum absolute atomic E-state index is 11.0. The van der Waals surface area contributed by atoms with Crippen LogP contribution in [-0.2, 0) is 0 Å². The summed E-state index contributed by atoms with van der Waals surface area (Å²) in [6, 6.07) is 10.6. The maximum atomic E-state index is 11.0. The van der Waals surface area contributed by atoms with E-state index in [4.69, 9.17) is 15.3 Å². The molecule has 19 heavy (non-hydrogen) atoms. The number of fused-ring (bicyclic) bond motifs is 3. The summed E-state index contributed by atoms with van der Waals surface area (Å²) in [5, 5.41) is 10.7. The van der Waals surface area contributed by atoms with Gasteiger partial charge in [0.05, 0.1) is 5.56 Å². The SMILES string of the molecule is CC.Nc1cc2oc3ccccc3c2cc1C(=O)O. The van der Waals surface area contributed by atoms with Crippen LogP contribution in [0, 0.1) is 0 Å². The topological polar surface area (TPSA) is 76.5 Å².